The van der Waals surface area contributed by atoms with Crippen molar-refractivity contribution in [3.63, 3.8) is 0 Å². The Kier molecular flexibility index (Phi) is 7.37. The van der Waals surface area contributed by atoms with Gasteiger partial charge in [-0.1, -0.05) is 144 Å². The number of aromatic nitrogens is 1. The van der Waals surface area contributed by atoms with Gasteiger partial charge >= 0.3 is 0 Å². The molecule has 4 aliphatic rings. The minimum Gasteiger partial charge on any atom is -0.311 e. The van der Waals surface area contributed by atoms with Crippen LogP contribution in [0.25, 0.3) is 27.5 Å². The summed E-state index contributed by atoms with van der Waals surface area (Å²) in [7, 11) is 0. The first-order valence-corrected chi connectivity index (χ1v) is 23.1. The zero-order valence-electron chi connectivity index (χ0n) is 33.8. The number of hydrogen-bond donors (Lipinski definition) is 0. The molecule has 14 rings (SSSR count). The summed E-state index contributed by atoms with van der Waals surface area (Å²) in [4.78, 5) is 10.3. The van der Waals surface area contributed by atoms with Crippen LogP contribution in [0.4, 0.5) is 34.1 Å². The summed E-state index contributed by atoms with van der Waals surface area (Å²) in [6.07, 6.45) is 0. The second-order valence-electron chi connectivity index (χ2n) is 16.8. The van der Waals surface area contributed by atoms with Gasteiger partial charge in [0.2, 0.25) is 13.4 Å². The van der Waals surface area contributed by atoms with Gasteiger partial charge in [0.05, 0.1) is 0 Å². The predicted molar refractivity (Wildman–Crippen MR) is 265 cm³/mol. The summed E-state index contributed by atoms with van der Waals surface area (Å²) in [5.74, 6) is 0. The van der Waals surface area contributed by atoms with E-state index in [0.717, 1.165) is 22.7 Å². The lowest BCUT2D eigenvalue weighted by Crippen LogP contribution is -2.66. The van der Waals surface area contributed by atoms with E-state index in [9.17, 15) is 0 Å². The Morgan fingerprint density at radius 3 is 1.16 bits per heavy atom. The number of para-hydroxylation sites is 6. The summed E-state index contributed by atoms with van der Waals surface area (Å²) in [5.41, 5.74) is 21.0. The molecule has 0 amide bonds. The van der Waals surface area contributed by atoms with Crippen LogP contribution in [-0.4, -0.2) is 18.0 Å². The summed E-state index contributed by atoms with van der Waals surface area (Å²) >= 11 is 3.95. The van der Waals surface area contributed by atoms with Crippen LogP contribution in [0.2, 0.25) is 0 Å². The lowest BCUT2D eigenvalue weighted by Gasteiger charge is -2.42. The number of benzene rings is 9. The van der Waals surface area contributed by atoms with Gasteiger partial charge in [-0.25, -0.2) is 0 Å². The zero-order valence-corrected chi connectivity index (χ0v) is 35.4. The van der Waals surface area contributed by atoms with Gasteiger partial charge in [-0.2, -0.15) is 0 Å². The van der Waals surface area contributed by atoms with Gasteiger partial charge in [-0.15, -0.1) is 0 Å². The average molecular weight is 824 g/mol. The van der Waals surface area contributed by atoms with Gasteiger partial charge in [-0.3, -0.25) is 0 Å². The predicted octanol–water partition coefficient (Wildman–Crippen LogP) is 10.6. The number of fused-ring (bicyclic) bond motifs is 7. The molecule has 0 saturated carbocycles. The number of nitrogens with zero attached hydrogens (tertiary/aromatic N) is 3. The van der Waals surface area contributed by atoms with Crippen LogP contribution < -0.4 is 42.6 Å². The van der Waals surface area contributed by atoms with Crippen LogP contribution in [0.5, 0.6) is 0 Å². The van der Waals surface area contributed by atoms with E-state index in [0.29, 0.717) is 0 Å². The standard InChI is InChI=1S/C55H35B2N3S2/c1-34-54-49-53-50-55(34)62-48-31-29-40(59(37-20-10-4-11-21-37)38-22-12-5-13-23-38)33-46(48)57(50)44-27-15-25-42-41-24-14-26-43(51(41)60(53)52(42)44)56(49)45-32-39(28-30-47(45)61-54)58(35-16-6-2-7-17-35)36-18-8-3-9-19-36/h2-33H,1H3. The first-order chi connectivity index (χ1) is 30.7. The van der Waals surface area contributed by atoms with Gasteiger partial charge in [-0.05, 0) is 119 Å². The Balaban J connectivity index is 1.04. The molecule has 0 N–H and O–H groups in total. The molecule has 0 atom stereocenters. The van der Waals surface area contributed by atoms with Crippen molar-refractivity contribution in [1.29, 1.82) is 0 Å². The molecule has 0 aliphatic carbocycles. The lowest BCUT2D eigenvalue weighted by molar-refractivity contribution is 1.12. The third kappa shape index (κ3) is 4.72. The maximum atomic E-state index is 2.70. The van der Waals surface area contributed by atoms with Crippen LogP contribution in [0, 0.1) is 6.92 Å². The van der Waals surface area contributed by atoms with E-state index in [2.05, 4.69) is 215 Å². The lowest BCUT2D eigenvalue weighted by atomic mass is 9.31. The third-order valence-corrected chi connectivity index (χ3v) is 16.2. The quantitative estimate of drug-likeness (QED) is 0.155. The molecule has 288 valence electrons. The van der Waals surface area contributed by atoms with E-state index in [1.54, 1.807) is 0 Å². The maximum absolute atomic E-state index is 2.70. The minimum atomic E-state index is 0.0840. The number of rotatable bonds is 6. The van der Waals surface area contributed by atoms with E-state index in [4.69, 9.17) is 0 Å². The fourth-order valence-electron chi connectivity index (χ4n) is 11.1. The van der Waals surface area contributed by atoms with Crippen molar-refractivity contribution in [2.75, 3.05) is 9.80 Å². The Labute approximate surface area is 369 Å². The molecular weight excluding hydrogens is 788 g/mol. The third-order valence-electron chi connectivity index (χ3n) is 13.6. The molecule has 62 heavy (non-hydrogen) atoms. The molecule has 4 aliphatic heterocycles. The fraction of sp³-hybridized carbons (Fsp3) is 0.0182. The second kappa shape index (κ2) is 13.1. The fourth-order valence-corrected chi connectivity index (χ4v) is 13.7. The van der Waals surface area contributed by atoms with Crippen LogP contribution >= 0.6 is 23.5 Å². The van der Waals surface area contributed by atoms with Crippen molar-refractivity contribution in [1.82, 2.24) is 4.57 Å². The van der Waals surface area contributed by atoms with E-state index in [-0.39, 0.29) is 13.4 Å². The van der Waals surface area contributed by atoms with Gasteiger partial charge in [0.1, 0.15) is 0 Å². The average Bonchev–Trinajstić information content (AvgIpc) is 3.68. The summed E-state index contributed by atoms with van der Waals surface area (Å²) < 4.78 is 2.70. The molecular formula is C55H35B2N3S2. The maximum Gasteiger partial charge on any atom is 0.249 e. The minimum absolute atomic E-state index is 0.0840. The summed E-state index contributed by atoms with van der Waals surface area (Å²) in [6, 6.07) is 71.8. The Hall–Kier alpha value is -6.79. The second-order valence-corrected chi connectivity index (χ2v) is 18.9. The van der Waals surface area contributed by atoms with E-state index in [1.165, 1.54) is 96.8 Å². The highest BCUT2D eigenvalue weighted by Gasteiger charge is 2.48. The Bertz CT molecular complexity index is 3200. The Morgan fingerprint density at radius 1 is 0.387 bits per heavy atom. The highest BCUT2D eigenvalue weighted by Crippen LogP contribution is 2.47. The van der Waals surface area contributed by atoms with Crippen molar-refractivity contribution < 1.29 is 0 Å². The largest absolute Gasteiger partial charge is 0.311 e. The molecule has 0 unspecified atom stereocenters. The molecule has 0 spiro atoms. The SMILES string of the molecule is Cc1c2c3c4c5c1Sc1ccc(N(c6ccccc6)c6ccccc6)cc1B5c1cccc5c6cccc(c6n-4c15)B3c1cc(N(c3ccccc3)c3ccccc3)ccc1S2. The normalized spacial score (nSPS) is 13.4. The molecule has 0 saturated heterocycles. The Morgan fingerprint density at radius 2 is 0.774 bits per heavy atom. The van der Waals surface area contributed by atoms with Crippen molar-refractivity contribution >= 4 is 126 Å². The molecule has 0 radical (unpaired) electrons. The van der Waals surface area contributed by atoms with Gasteiger partial charge in [0.25, 0.3) is 0 Å². The van der Waals surface area contributed by atoms with Crippen LogP contribution in [0.15, 0.2) is 214 Å². The smallest absolute Gasteiger partial charge is 0.249 e. The molecule has 10 aromatic rings. The van der Waals surface area contributed by atoms with Gasteiger partial charge in [0, 0.05) is 81.2 Å². The number of hydrogen-bond acceptors (Lipinski definition) is 4. The molecule has 5 heterocycles. The molecule has 9 aromatic carbocycles. The van der Waals surface area contributed by atoms with E-state index < -0.39 is 0 Å². The molecule has 7 heteroatoms. The summed E-state index contributed by atoms with van der Waals surface area (Å²) in [6.45, 7) is 2.57. The van der Waals surface area contributed by atoms with E-state index in [1.807, 2.05) is 23.5 Å². The highest BCUT2D eigenvalue weighted by atomic mass is 32.2. The summed E-state index contributed by atoms with van der Waals surface area (Å²) in [5, 5.41) is 2.68. The molecule has 1 aromatic heterocycles. The molecule has 3 nitrogen and oxygen atoms in total. The van der Waals surface area contributed by atoms with Gasteiger partial charge < -0.3 is 14.4 Å². The van der Waals surface area contributed by atoms with Crippen molar-refractivity contribution in [2.45, 2.75) is 26.5 Å². The topological polar surface area (TPSA) is 11.4 Å². The van der Waals surface area contributed by atoms with Crippen molar-refractivity contribution in [3.05, 3.63) is 200 Å². The molecule has 0 bridgehead atoms. The van der Waals surface area contributed by atoms with Crippen molar-refractivity contribution in [2.24, 2.45) is 0 Å². The highest BCUT2D eigenvalue weighted by molar-refractivity contribution is 8.01. The van der Waals surface area contributed by atoms with E-state index >= 15 is 0 Å². The molecule has 0 fully saturated rings. The van der Waals surface area contributed by atoms with Gasteiger partial charge in [0.15, 0.2) is 0 Å². The van der Waals surface area contributed by atoms with Crippen LogP contribution in [0.1, 0.15) is 5.56 Å². The monoisotopic (exact) mass is 823 g/mol. The van der Waals surface area contributed by atoms with Crippen molar-refractivity contribution in [3.8, 4) is 5.69 Å². The van der Waals surface area contributed by atoms with Crippen LogP contribution in [-0.2, 0) is 0 Å². The zero-order chi connectivity index (χ0) is 40.6. The number of anilines is 6. The first-order valence-electron chi connectivity index (χ1n) is 21.4. The van der Waals surface area contributed by atoms with Crippen LogP contribution in [0.3, 0.4) is 0 Å². The first kappa shape index (κ1) is 34.9.